The van der Waals surface area contributed by atoms with E-state index in [9.17, 15) is 8.78 Å². The Morgan fingerprint density at radius 1 is 1.16 bits per heavy atom. The highest BCUT2D eigenvalue weighted by molar-refractivity contribution is 5.66. The molecule has 0 unspecified atom stereocenters. The van der Waals surface area contributed by atoms with Crippen molar-refractivity contribution in [1.29, 1.82) is 0 Å². The number of anilines is 1. The van der Waals surface area contributed by atoms with Crippen LogP contribution < -0.4 is 5.32 Å². The third-order valence-corrected chi connectivity index (χ3v) is 2.83. The Morgan fingerprint density at radius 3 is 2.58 bits per heavy atom. The normalized spacial score (nSPS) is 10.6. The van der Waals surface area contributed by atoms with E-state index >= 15 is 0 Å². The maximum absolute atomic E-state index is 14.1. The molecule has 1 aromatic heterocycles. The molecule has 0 aliphatic carbocycles. The van der Waals surface area contributed by atoms with Gasteiger partial charge in [0, 0.05) is 12.7 Å². The van der Waals surface area contributed by atoms with Crippen LogP contribution in [0.2, 0.25) is 0 Å². The van der Waals surface area contributed by atoms with Gasteiger partial charge < -0.3 is 5.32 Å². The molecule has 0 fully saturated rings. The van der Waals surface area contributed by atoms with Gasteiger partial charge in [0.05, 0.1) is 11.3 Å². The lowest BCUT2D eigenvalue weighted by Crippen LogP contribution is -2.05. The number of nitrogens with zero attached hydrogens (tertiary/aromatic N) is 2. The van der Waals surface area contributed by atoms with E-state index in [1.165, 1.54) is 12.1 Å². The zero-order valence-corrected chi connectivity index (χ0v) is 11.1. The SMILES string of the molecule is CCNc1ncc(C)c(-c2c(F)ccc(C)c2F)n1. The third kappa shape index (κ3) is 2.54. The van der Waals surface area contributed by atoms with Crippen LogP contribution in [0.25, 0.3) is 11.3 Å². The third-order valence-electron chi connectivity index (χ3n) is 2.83. The number of benzene rings is 1. The summed E-state index contributed by atoms with van der Waals surface area (Å²) in [6.45, 7) is 5.87. The van der Waals surface area contributed by atoms with Gasteiger partial charge in [-0.15, -0.1) is 0 Å². The number of hydrogen-bond acceptors (Lipinski definition) is 3. The van der Waals surface area contributed by atoms with Gasteiger partial charge in [0.2, 0.25) is 5.95 Å². The predicted octanol–water partition coefficient (Wildman–Crippen LogP) is 3.47. The summed E-state index contributed by atoms with van der Waals surface area (Å²) in [5.41, 5.74) is 1.20. The first-order valence-electron chi connectivity index (χ1n) is 6.07. The average molecular weight is 263 g/mol. The van der Waals surface area contributed by atoms with Crippen LogP contribution in [0.1, 0.15) is 18.1 Å². The Kier molecular flexibility index (Phi) is 3.74. The molecule has 0 radical (unpaired) electrons. The summed E-state index contributed by atoms with van der Waals surface area (Å²) in [6, 6.07) is 2.66. The molecule has 0 amide bonds. The maximum atomic E-state index is 14.1. The fourth-order valence-electron chi connectivity index (χ4n) is 1.81. The molecular formula is C14H15F2N3. The molecular weight excluding hydrogens is 248 g/mol. The predicted molar refractivity (Wildman–Crippen MR) is 71.0 cm³/mol. The highest BCUT2D eigenvalue weighted by atomic mass is 19.1. The van der Waals surface area contributed by atoms with Gasteiger partial charge in [-0.05, 0) is 38.0 Å². The first-order valence-corrected chi connectivity index (χ1v) is 6.07. The summed E-state index contributed by atoms with van der Waals surface area (Å²) in [6.07, 6.45) is 1.56. The van der Waals surface area contributed by atoms with Crippen molar-refractivity contribution < 1.29 is 8.78 Å². The van der Waals surface area contributed by atoms with E-state index < -0.39 is 11.6 Å². The minimum absolute atomic E-state index is 0.0981. The van der Waals surface area contributed by atoms with Crippen molar-refractivity contribution in [2.75, 3.05) is 11.9 Å². The number of aryl methyl sites for hydroxylation is 2. The van der Waals surface area contributed by atoms with Gasteiger partial charge in [-0.3, -0.25) is 0 Å². The summed E-state index contributed by atoms with van der Waals surface area (Å²) >= 11 is 0. The zero-order chi connectivity index (χ0) is 14.0. The molecule has 1 aromatic carbocycles. The van der Waals surface area contributed by atoms with Crippen molar-refractivity contribution in [3.05, 3.63) is 41.1 Å². The average Bonchev–Trinajstić information content (AvgIpc) is 2.38. The molecule has 0 saturated heterocycles. The van der Waals surface area contributed by atoms with Crippen molar-refractivity contribution in [2.45, 2.75) is 20.8 Å². The van der Waals surface area contributed by atoms with Gasteiger partial charge in [0.1, 0.15) is 11.6 Å². The van der Waals surface area contributed by atoms with E-state index in [4.69, 9.17) is 0 Å². The molecule has 0 aliphatic heterocycles. The van der Waals surface area contributed by atoms with Gasteiger partial charge in [-0.25, -0.2) is 18.7 Å². The Morgan fingerprint density at radius 2 is 1.89 bits per heavy atom. The van der Waals surface area contributed by atoms with Gasteiger partial charge in [-0.2, -0.15) is 0 Å². The minimum Gasteiger partial charge on any atom is -0.354 e. The number of rotatable bonds is 3. The lowest BCUT2D eigenvalue weighted by molar-refractivity contribution is 0.582. The fourth-order valence-corrected chi connectivity index (χ4v) is 1.81. The molecule has 0 bridgehead atoms. The molecule has 100 valence electrons. The fraction of sp³-hybridized carbons (Fsp3) is 0.286. The van der Waals surface area contributed by atoms with Crippen LogP contribution in [0, 0.1) is 25.5 Å². The van der Waals surface area contributed by atoms with E-state index in [1.807, 2.05) is 6.92 Å². The Bertz CT molecular complexity index is 612. The summed E-state index contributed by atoms with van der Waals surface area (Å²) in [5, 5.41) is 2.93. The van der Waals surface area contributed by atoms with Gasteiger partial charge in [-0.1, -0.05) is 6.07 Å². The summed E-state index contributed by atoms with van der Waals surface area (Å²) in [4.78, 5) is 8.26. The second-order valence-electron chi connectivity index (χ2n) is 4.31. The molecule has 2 aromatic rings. The highest BCUT2D eigenvalue weighted by Gasteiger charge is 2.17. The first-order chi connectivity index (χ1) is 9.04. The zero-order valence-electron chi connectivity index (χ0n) is 11.1. The number of nitrogens with one attached hydrogen (secondary N) is 1. The van der Waals surface area contributed by atoms with Gasteiger partial charge >= 0.3 is 0 Å². The quantitative estimate of drug-likeness (QED) is 0.921. The Labute approximate surface area is 110 Å². The second-order valence-corrected chi connectivity index (χ2v) is 4.31. The van der Waals surface area contributed by atoms with Crippen molar-refractivity contribution >= 4 is 5.95 Å². The van der Waals surface area contributed by atoms with Crippen LogP contribution in [-0.2, 0) is 0 Å². The van der Waals surface area contributed by atoms with E-state index in [2.05, 4.69) is 15.3 Å². The van der Waals surface area contributed by atoms with Crippen molar-refractivity contribution in [2.24, 2.45) is 0 Å². The number of hydrogen-bond donors (Lipinski definition) is 1. The molecule has 0 spiro atoms. The molecule has 1 heterocycles. The van der Waals surface area contributed by atoms with E-state index in [1.54, 1.807) is 20.0 Å². The smallest absolute Gasteiger partial charge is 0.223 e. The van der Waals surface area contributed by atoms with E-state index in [-0.39, 0.29) is 11.3 Å². The number of aromatic nitrogens is 2. The highest BCUT2D eigenvalue weighted by Crippen LogP contribution is 2.29. The van der Waals surface area contributed by atoms with Crippen LogP contribution in [0.4, 0.5) is 14.7 Å². The van der Waals surface area contributed by atoms with Crippen molar-refractivity contribution in [3.8, 4) is 11.3 Å². The summed E-state index contributed by atoms with van der Waals surface area (Å²) < 4.78 is 28.0. The molecule has 19 heavy (non-hydrogen) atoms. The molecule has 0 atom stereocenters. The Hall–Kier alpha value is -2.04. The Balaban J connectivity index is 2.64. The summed E-state index contributed by atoms with van der Waals surface area (Å²) in [5.74, 6) is -0.833. The van der Waals surface area contributed by atoms with E-state index in [0.717, 1.165) is 0 Å². The number of halogens is 2. The lowest BCUT2D eigenvalue weighted by atomic mass is 10.0. The molecule has 0 aliphatic rings. The van der Waals surface area contributed by atoms with Crippen LogP contribution in [0.5, 0.6) is 0 Å². The van der Waals surface area contributed by atoms with Crippen molar-refractivity contribution in [1.82, 2.24) is 9.97 Å². The lowest BCUT2D eigenvalue weighted by Gasteiger charge is -2.11. The van der Waals surface area contributed by atoms with Crippen LogP contribution >= 0.6 is 0 Å². The van der Waals surface area contributed by atoms with Crippen molar-refractivity contribution in [3.63, 3.8) is 0 Å². The second kappa shape index (κ2) is 5.30. The summed E-state index contributed by atoms with van der Waals surface area (Å²) in [7, 11) is 0. The first kappa shape index (κ1) is 13.4. The molecule has 5 heteroatoms. The topological polar surface area (TPSA) is 37.8 Å². The largest absolute Gasteiger partial charge is 0.354 e. The van der Waals surface area contributed by atoms with E-state index in [0.29, 0.717) is 23.6 Å². The monoisotopic (exact) mass is 263 g/mol. The van der Waals surface area contributed by atoms with Crippen LogP contribution in [0.15, 0.2) is 18.3 Å². The maximum Gasteiger partial charge on any atom is 0.223 e. The standard InChI is InChI=1S/C14H15F2N3/c1-4-17-14-18-7-9(3)13(19-14)11-10(15)6-5-8(2)12(11)16/h5-7H,4H2,1-3H3,(H,17,18,19). The molecule has 2 rings (SSSR count). The molecule has 3 nitrogen and oxygen atoms in total. The molecule has 0 saturated carbocycles. The van der Waals surface area contributed by atoms with Gasteiger partial charge in [0.25, 0.3) is 0 Å². The minimum atomic E-state index is -0.618. The van der Waals surface area contributed by atoms with Crippen LogP contribution in [0.3, 0.4) is 0 Å². The van der Waals surface area contributed by atoms with Gasteiger partial charge in [0.15, 0.2) is 0 Å². The molecule has 1 N–H and O–H groups in total. The van der Waals surface area contributed by atoms with Crippen LogP contribution in [-0.4, -0.2) is 16.5 Å².